The van der Waals surface area contributed by atoms with Crippen LogP contribution in [0.1, 0.15) is 17.7 Å². The molecule has 2 rings (SSSR count). The van der Waals surface area contributed by atoms with Crippen LogP contribution in [0.2, 0.25) is 10.0 Å². The van der Waals surface area contributed by atoms with Crippen LogP contribution in [0.3, 0.4) is 0 Å². The molecule has 106 valence electrons. The van der Waals surface area contributed by atoms with Crippen molar-refractivity contribution in [2.24, 2.45) is 0 Å². The van der Waals surface area contributed by atoms with Crippen LogP contribution in [-0.4, -0.2) is 8.42 Å². The smallest absolute Gasteiger partial charge is 0.309 e. The SMILES string of the molecule is CC(c1c(Cl)cccc1Cl)S(=O)(=O)c1cccc[n+]1[O-]. The average molecular weight is 332 g/mol. The van der Waals surface area contributed by atoms with Crippen molar-refractivity contribution < 1.29 is 13.1 Å². The summed E-state index contributed by atoms with van der Waals surface area (Å²) in [6, 6.07) is 8.95. The lowest BCUT2D eigenvalue weighted by molar-refractivity contribution is -0.646. The Morgan fingerprint density at radius 1 is 1.10 bits per heavy atom. The molecule has 0 fully saturated rings. The van der Waals surface area contributed by atoms with Crippen LogP contribution < -0.4 is 4.73 Å². The molecule has 0 aliphatic heterocycles. The molecule has 1 unspecified atom stereocenters. The Morgan fingerprint density at radius 3 is 2.25 bits per heavy atom. The standard InChI is InChI=1S/C13H11Cl2NO3S/c1-9(13-10(14)5-4-6-11(13)15)20(18,19)12-7-2-3-8-16(12)17/h2-9H,1H3. The summed E-state index contributed by atoms with van der Waals surface area (Å²) in [6.45, 7) is 1.45. The summed E-state index contributed by atoms with van der Waals surface area (Å²) in [6.07, 6.45) is 1.13. The van der Waals surface area contributed by atoms with Crippen LogP contribution in [-0.2, 0) is 9.84 Å². The molecule has 0 spiro atoms. The van der Waals surface area contributed by atoms with Gasteiger partial charge >= 0.3 is 5.03 Å². The summed E-state index contributed by atoms with van der Waals surface area (Å²) in [5, 5.41) is 10.8. The third kappa shape index (κ3) is 2.61. The van der Waals surface area contributed by atoms with E-state index >= 15 is 0 Å². The first-order valence-electron chi connectivity index (χ1n) is 5.71. The zero-order valence-electron chi connectivity index (χ0n) is 10.5. The van der Waals surface area contributed by atoms with E-state index in [1.807, 2.05) is 0 Å². The summed E-state index contributed by atoms with van der Waals surface area (Å²) in [4.78, 5) is 0. The lowest BCUT2D eigenvalue weighted by Gasteiger charge is -2.15. The van der Waals surface area contributed by atoms with Gasteiger partial charge in [-0.2, -0.15) is 4.73 Å². The first-order valence-corrected chi connectivity index (χ1v) is 8.02. The van der Waals surface area contributed by atoms with E-state index in [1.54, 1.807) is 18.2 Å². The van der Waals surface area contributed by atoms with Crippen molar-refractivity contribution in [1.29, 1.82) is 0 Å². The summed E-state index contributed by atoms with van der Waals surface area (Å²) in [5.74, 6) is 0. The van der Waals surface area contributed by atoms with E-state index in [0.29, 0.717) is 10.3 Å². The Morgan fingerprint density at radius 2 is 1.70 bits per heavy atom. The molecule has 1 aromatic carbocycles. The minimum absolute atomic E-state index is 0.252. The van der Waals surface area contributed by atoms with Crippen molar-refractivity contribution in [2.75, 3.05) is 0 Å². The second kappa shape index (κ2) is 5.60. The average Bonchev–Trinajstić information content (AvgIpc) is 2.38. The fourth-order valence-corrected chi connectivity index (χ4v) is 4.23. The van der Waals surface area contributed by atoms with Gasteiger partial charge in [-0.05, 0) is 25.1 Å². The van der Waals surface area contributed by atoms with Crippen LogP contribution in [0.15, 0.2) is 47.6 Å². The highest BCUT2D eigenvalue weighted by molar-refractivity contribution is 7.91. The van der Waals surface area contributed by atoms with Crippen LogP contribution in [0.25, 0.3) is 0 Å². The number of nitrogens with zero attached hydrogens (tertiary/aromatic N) is 1. The Bertz CT molecular complexity index is 727. The number of hydrogen-bond acceptors (Lipinski definition) is 3. The molecule has 2 aromatic rings. The lowest BCUT2D eigenvalue weighted by atomic mass is 10.2. The van der Waals surface area contributed by atoms with Crippen LogP contribution in [0.4, 0.5) is 0 Å². The number of pyridine rings is 1. The van der Waals surface area contributed by atoms with E-state index in [4.69, 9.17) is 23.2 Å². The van der Waals surface area contributed by atoms with E-state index < -0.39 is 15.1 Å². The number of hydrogen-bond donors (Lipinski definition) is 0. The lowest BCUT2D eigenvalue weighted by Crippen LogP contribution is -2.34. The van der Waals surface area contributed by atoms with Crippen LogP contribution >= 0.6 is 23.2 Å². The van der Waals surface area contributed by atoms with Crippen LogP contribution in [0, 0.1) is 5.21 Å². The first-order chi connectivity index (χ1) is 9.35. The largest absolute Gasteiger partial charge is 0.618 e. The summed E-state index contributed by atoms with van der Waals surface area (Å²) in [5.41, 5.74) is 0.291. The minimum atomic E-state index is -3.89. The molecule has 1 atom stereocenters. The van der Waals surface area contributed by atoms with Gasteiger partial charge in [0, 0.05) is 27.7 Å². The van der Waals surface area contributed by atoms with Crippen molar-refractivity contribution in [2.45, 2.75) is 17.2 Å². The fraction of sp³-hybridized carbons (Fsp3) is 0.154. The van der Waals surface area contributed by atoms with Crippen LogP contribution in [0.5, 0.6) is 0 Å². The van der Waals surface area contributed by atoms with E-state index in [1.165, 1.54) is 25.1 Å². The van der Waals surface area contributed by atoms with Gasteiger partial charge in [-0.1, -0.05) is 29.3 Å². The van der Waals surface area contributed by atoms with E-state index in [-0.39, 0.29) is 15.1 Å². The van der Waals surface area contributed by atoms with Crippen molar-refractivity contribution in [3.05, 3.63) is 63.4 Å². The van der Waals surface area contributed by atoms with Gasteiger partial charge in [0.2, 0.25) is 9.84 Å². The second-order valence-corrected chi connectivity index (χ2v) is 7.22. The van der Waals surface area contributed by atoms with Crippen molar-refractivity contribution in [1.82, 2.24) is 0 Å². The number of halogens is 2. The fourth-order valence-electron chi connectivity index (χ4n) is 1.87. The molecule has 0 amide bonds. The molecule has 0 saturated heterocycles. The Balaban J connectivity index is 2.59. The quantitative estimate of drug-likeness (QED) is 0.641. The maximum absolute atomic E-state index is 12.5. The van der Waals surface area contributed by atoms with E-state index in [9.17, 15) is 13.6 Å². The van der Waals surface area contributed by atoms with Gasteiger partial charge in [0.05, 0.1) is 5.25 Å². The third-order valence-corrected chi connectivity index (χ3v) is 5.68. The van der Waals surface area contributed by atoms with E-state index in [2.05, 4.69) is 0 Å². The molecule has 20 heavy (non-hydrogen) atoms. The maximum Gasteiger partial charge on any atom is 0.309 e. The molecular weight excluding hydrogens is 321 g/mol. The Hall–Kier alpha value is -1.30. The molecule has 0 N–H and O–H groups in total. The van der Waals surface area contributed by atoms with Gasteiger partial charge in [0.1, 0.15) is 0 Å². The predicted octanol–water partition coefficient (Wildman–Crippen LogP) is 3.16. The number of aromatic nitrogens is 1. The molecule has 1 heterocycles. The van der Waals surface area contributed by atoms with Gasteiger partial charge in [-0.25, -0.2) is 8.42 Å². The van der Waals surface area contributed by atoms with Crippen molar-refractivity contribution in [3.63, 3.8) is 0 Å². The van der Waals surface area contributed by atoms with Gasteiger partial charge in [0.15, 0.2) is 6.20 Å². The molecule has 0 aliphatic rings. The number of rotatable bonds is 3. The van der Waals surface area contributed by atoms with Gasteiger partial charge < -0.3 is 5.21 Å². The molecule has 1 aromatic heterocycles. The Labute approximate surface area is 127 Å². The number of sulfone groups is 1. The van der Waals surface area contributed by atoms with Crippen molar-refractivity contribution >= 4 is 33.0 Å². The summed E-state index contributed by atoms with van der Waals surface area (Å²) in [7, 11) is -3.89. The zero-order chi connectivity index (χ0) is 14.9. The molecule has 0 aliphatic carbocycles. The predicted molar refractivity (Wildman–Crippen MR) is 77.5 cm³/mol. The third-order valence-electron chi connectivity index (χ3n) is 2.95. The minimum Gasteiger partial charge on any atom is -0.618 e. The molecular formula is C13H11Cl2NO3S. The Kier molecular flexibility index (Phi) is 4.22. The molecule has 0 saturated carbocycles. The molecule has 0 bridgehead atoms. The monoisotopic (exact) mass is 331 g/mol. The summed E-state index contributed by atoms with van der Waals surface area (Å²) >= 11 is 12.0. The summed E-state index contributed by atoms with van der Waals surface area (Å²) < 4.78 is 25.4. The van der Waals surface area contributed by atoms with Gasteiger partial charge in [-0.3, -0.25) is 0 Å². The molecule has 4 nitrogen and oxygen atoms in total. The second-order valence-electron chi connectivity index (χ2n) is 4.19. The van der Waals surface area contributed by atoms with Gasteiger partial charge in [-0.15, -0.1) is 0 Å². The zero-order valence-corrected chi connectivity index (χ0v) is 12.8. The van der Waals surface area contributed by atoms with Crippen molar-refractivity contribution in [3.8, 4) is 0 Å². The topological polar surface area (TPSA) is 61.1 Å². The molecule has 0 radical (unpaired) electrons. The highest BCUT2D eigenvalue weighted by atomic mass is 35.5. The normalized spacial score (nSPS) is 13.2. The highest BCUT2D eigenvalue weighted by Crippen LogP contribution is 2.36. The maximum atomic E-state index is 12.5. The highest BCUT2D eigenvalue weighted by Gasteiger charge is 2.33. The van der Waals surface area contributed by atoms with E-state index in [0.717, 1.165) is 6.20 Å². The number of benzene rings is 1. The van der Waals surface area contributed by atoms with Gasteiger partial charge in [0.25, 0.3) is 0 Å². The first kappa shape index (κ1) is 15.1. The molecule has 7 heteroatoms.